The third kappa shape index (κ3) is 8.45. The number of halogens is 4. The summed E-state index contributed by atoms with van der Waals surface area (Å²) in [5.74, 6) is 0.374. The molecule has 2 rings (SSSR count). The van der Waals surface area contributed by atoms with E-state index in [4.69, 9.17) is 4.74 Å². The first-order valence-electron chi connectivity index (χ1n) is 9.73. The molecule has 2 aromatic carbocycles. The van der Waals surface area contributed by atoms with Crippen molar-refractivity contribution < 1.29 is 22.3 Å². The van der Waals surface area contributed by atoms with Crippen molar-refractivity contribution in [2.24, 2.45) is 4.99 Å². The molecule has 0 amide bonds. The third-order valence-electron chi connectivity index (χ3n) is 4.34. The molecule has 0 bridgehead atoms. The Labute approximate surface area is 180 Å². The number of hydrogen-bond donors (Lipinski definition) is 2. The summed E-state index contributed by atoms with van der Waals surface area (Å²) < 4.78 is 56.5. The lowest BCUT2D eigenvalue weighted by Gasteiger charge is -2.17. The highest BCUT2D eigenvalue weighted by atomic mass is 19.4. The Kier molecular flexibility index (Phi) is 8.67. The summed E-state index contributed by atoms with van der Waals surface area (Å²) in [5.41, 5.74) is 2.85. The topological polar surface area (TPSA) is 48.9 Å². The number of nitrogens with zero attached hydrogens (tertiary/aromatic N) is 2. The number of rotatable bonds is 8. The molecule has 0 unspecified atom stereocenters. The van der Waals surface area contributed by atoms with Gasteiger partial charge in [-0.25, -0.2) is 4.39 Å². The van der Waals surface area contributed by atoms with Crippen LogP contribution in [-0.4, -0.2) is 44.8 Å². The van der Waals surface area contributed by atoms with Gasteiger partial charge in [0.1, 0.15) is 11.6 Å². The van der Waals surface area contributed by atoms with E-state index in [1.54, 1.807) is 44.3 Å². The Morgan fingerprint density at radius 2 is 1.74 bits per heavy atom. The number of ether oxygens (including phenoxy) is 1. The molecule has 31 heavy (non-hydrogen) atoms. The summed E-state index contributed by atoms with van der Waals surface area (Å²) in [7, 11) is 5.33. The van der Waals surface area contributed by atoms with Crippen LogP contribution in [0.1, 0.15) is 22.3 Å². The van der Waals surface area contributed by atoms with Crippen LogP contribution in [0.3, 0.4) is 0 Å². The molecule has 0 saturated carbocycles. The van der Waals surface area contributed by atoms with Gasteiger partial charge in [-0.15, -0.1) is 0 Å². The van der Waals surface area contributed by atoms with Crippen molar-refractivity contribution in [3.63, 3.8) is 0 Å². The molecule has 0 radical (unpaired) electrons. The Morgan fingerprint density at radius 1 is 1.03 bits per heavy atom. The maximum atomic E-state index is 13.9. The fraction of sp³-hybridized carbons (Fsp3) is 0.409. The van der Waals surface area contributed by atoms with E-state index < -0.39 is 12.8 Å². The Hall–Kier alpha value is -2.81. The number of guanidine groups is 1. The lowest BCUT2D eigenvalue weighted by Crippen LogP contribution is -2.36. The first-order chi connectivity index (χ1) is 14.6. The lowest BCUT2D eigenvalue weighted by atomic mass is 10.1. The second-order valence-corrected chi connectivity index (χ2v) is 7.46. The molecule has 0 spiro atoms. The molecule has 0 aliphatic heterocycles. The average molecular weight is 440 g/mol. The van der Waals surface area contributed by atoms with Gasteiger partial charge in [0.05, 0.1) is 0 Å². The van der Waals surface area contributed by atoms with Crippen molar-refractivity contribution in [2.75, 3.05) is 27.7 Å². The molecule has 0 heterocycles. The van der Waals surface area contributed by atoms with Crippen molar-refractivity contribution in [3.05, 3.63) is 64.5 Å². The van der Waals surface area contributed by atoms with Gasteiger partial charge in [0, 0.05) is 37.8 Å². The van der Waals surface area contributed by atoms with Crippen LogP contribution in [0.2, 0.25) is 0 Å². The highest BCUT2D eigenvalue weighted by Crippen LogP contribution is 2.23. The monoisotopic (exact) mass is 440 g/mol. The molecule has 2 N–H and O–H groups in total. The molecule has 0 aliphatic rings. The van der Waals surface area contributed by atoms with Crippen LogP contribution in [0.4, 0.5) is 17.6 Å². The third-order valence-corrected chi connectivity index (χ3v) is 4.34. The number of nitrogens with one attached hydrogen (secondary N) is 2. The van der Waals surface area contributed by atoms with Crippen LogP contribution >= 0.6 is 0 Å². The quantitative estimate of drug-likeness (QED) is 0.370. The molecule has 9 heteroatoms. The number of aliphatic imine (C=N–C) groups is 1. The van der Waals surface area contributed by atoms with Crippen LogP contribution in [0, 0.1) is 12.7 Å². The van der Waals surface area contributed by atoms with Crippen LogP contribution in [0.5, 0.6) is 5.75 Å². The van der Waals surface area contributed by atoms with E-state index in [0.717, 1.165) is 11.1 Å². The molecule has 0 aromatic heterocycles. The standard InChI is InChI=1S/C22H28F4N4O/c1-15-5-7-17(20(9-15)31-14-22(24,25)26)12-29-21(27-2)28-11-16-6-8-19(23)18(10-16)13-30(3)4/h5-10H,11-14H2,1-4H3,(H2,27,28,29). The minimum Gasteiger partial charge on any atom is -0.484 e. The SMILES string of the molecule is CN=C(NCc1ccc(F)c(CN(C)C)c1)NCc1ccc(C)cc1OCC(F)(F)F. The van der Waals surface area contributed by atoms with E-state index in [9.17, 15) is 17.6 Å². The molecular formula is C22H28F4N4O. The molecule has 0 saturated heterocycles. The van der Waals surface area contributed by atoms with E-state index in [2.05, 4.69) is 15.6 Å². The van der Waals surface area contributed by atoms with E-state index in [1.807, 2.05) is 19.0 Å². The number of alkyl halides is 3. The van der Waals surface area contributed by atoms with E-state index in [0.29, 0.717) is 30.2 Å². The predicted octanol–water partition coefficient (Wildman–Crippen LogP) is 4.00. The molecule has 0 aliphatic carbocycles. The van der Waals surface area contributed by atoms with Crippen LogP contribution in [-0.2, 0) is 19.6 Å². The van der Waals surface area contributed by atoms with Gasteiger partial charge in [0.2, 0.25) is 0 Å². The Balaban J connectivity index is 1.99. The average Bonchev–Trinajstić information content (AvgIpc) is 2.69. The minimum atomic E-state index is -4.41. The van der Waals surface area contributed by atoms with E-state index in [-0.39, 0.29) is 18.1 Å². The highest BCUT2D eigenvalue weighted by Gasteiger charge is 2.28. The minimum absolute atomic E-state index is 0.173. The van der Waals surface area contributed by atoms with Gasteiger partial charge in [-0.05, 0) is 50.3 Å². The van der Waals surface area contributed by atoms with E-state index >= 15 is 0 Å². The van der Waals surface area contributed by atoms with Crippen LogP contribution in [0.15, 0.2) is 41.4 Å². The summed E-state index contributed by atoms with van der Waals surface area (Å²) in [6.07, 6.45) is -4.41. The smallest absolute Gasteiger partial charge is 0.422 e. The number of hydrogen-bond acceptors (Lipinski definition) is 3. The van der Waals surface area contributed by atoms with Gasteiger partial charge < -0.3 is 20.3 Å². The molecule has 0 fully saturated rings. The summed E-state index contributed by atoms with van der Waals surface area (Å²) in [4.78, 5) is 6.02. The van der Waals surface area contributed by atoms with Crippen LogP contribution < -0.4 is 15.4 Å². The van der Waals surface area contributed by atoms with Gasteiger partial charge in [-0.1, -0.05) is 18.2 Å². The molecule has 0 atom stereocenters. The largest absolute Gasteiger partial charge is 0.484 e. The molecular weight excluding hydrogens is 412 g/mol. The maximum absolute atomic E-state index is 13.9. The second-order valence-electron chi connectivity index (χ2n) is 7.46. The van der Waals surface area contributed by atoms with Gasteiger partial charge >= 0.3 is 6.18 Å². The van der Waals surface area contributed by atoms with Crippen LogP contribution in [0.25, 0.3) is 0 Å². The fourth-order valence-electron chi connectivity index (χ4n) is 2.89. The summed E-state index contributed by atoms with van der Waals surface area (Å²) in [6.45, 7) is 1.55. The second kappa shape index (κ2) is 11.0. The molecule has 170 valence electrons. The first-order valence-corrected chi connectivity index (χ1v) is 9.73. The zero-order valence-corrected chi connectivity index (χ0v) is 18.1. The van der Waals surface area contributed by atoms with Crippen molar-refractivity contribution in [2.45, 2.75) is 32.7 Å². The Bertz CT molecular complexity index is 898. The van der Waals surface area contributed by atoms with Crippen molar-refractivity contribution in [3.8, 4) is 5.75 Å². The maximum Gasteiger partial charge on any atom is 0.422 e. The zero-order valence-electron chi connectivity index (χ0n) is 18.1. The predicted molar refractivity (Wildman–Crippen MR) is 114 cm³/mol. The molecule has 2 aromatic rings. The molecule has 5 nitrogen and oxygen atoms in total. The van der Waals surface area contributed by atoms with Crippen molar-refractivity contribution >= 4 is 5.96 Å². The van der Waals surface area contributed by atoms with E-state index in [1.165, 1.54) is 6.07 Å². The van der Waals surface area contributed by atoms with Crippen molar-refractivity contribution in [1.82, 2.24) is 15.5 Å². The van der Waals surface area contributed by atoms with Gasteiger partial charge in [-0.2, -0.15) is 13.2 Å². The first kappa shape index (κ1) is 24.5. The summed E-state index contributed by atoms with van der Waals surface area (Å²) in [6, 6.07) is 10.0. The highest BCUT2D eigenvalue weighted by molar-refractivity contribution is 5.79. The fourth-order valence-corrected chi connectivity index (χ4v) is 2.89. The Morgan fingerprint density at radius 3 is 2.39 bits per heavy atom. The number of aryl methyl sites for hydroxylation is 1. The normalized spacial score (nSPS) is 12.2. The zero-order chi connectivity index (χ0) is 23.0. The van der Waals surface area contributed by atoms with Gasteiger partial charge in [-0.3, -0.25) is 4.99 Å². The summed E-state index contributed by atoms with van der Waals surface area (Å²) in [5, 5.41) is 6.19. The van der Waals surface area contributed by atoms with Crippen molar-refractivity contribution in [1.29, 1.82) is 0 Å². The number of benzene rings is 2. The van der Waals surface area contributed by atoms with Gasteiger partial charge in [0.25, 0.3) is 0 Å². The summed E-state index contributed by atoms with van der Waals surface area (Å²) >= 11 is 0. The van der Waals surface area contributed by atoms with Gasteiger partial charge in [0.15, 0.2) is 12.6 Å². The lowest BCUT2D eigenvalue weighted by molar-refractivity contribution is -0.153.